The van der Waals surface area contributed by atoms with Crippen molar-refractivity contribution in [2.24, 2.45) is 0 Å². The molecule has 0 saturated carbocycles. The Hall–Kier alpha value is -1.38. The highest BCUT2D eigenvalue weighted by molar-refractivity contribution is 7.12. The van der Waals surface area contributed by atoms with E-state index >= 15 is 0 Å². The van der Waals surface area contributed by atoms with E-state index in [1.807, 2.05) is 22.9 Å². The van der Waals surface area contributed by atoms with Crippen LogP contribution < -0.4 is 0 Å². The zero-order chi connectivity index (χ0) is 18.1. The van der Waals surface area contributed by atoms with Gasteiger partial charge in [0.25, 0.3) is 6.04 Å². The maximum atomic E-state index is 13.2. The fourth-order valence-electron chi connectivity index (χ4n) is 4.77. The molecular weight excluding hydrogens is 370 g/mol. The lowest BCUT2D eigenvalue weighted by molar-refractivity contribution is -0.924. The smallest absolute Gasteiger partial charge is 0.350 e. The highest BCUT2D eigenvalue weighted by Gasteiger charge is 2.74. The zero-order valence-electron chi connectivity index (χ0n) is 14.6. The summed E-state index contributed by atoms with van der Waals surface area (Å²) in [5, 5.41) is 15.1. The molecule has 5 nitrogen and oxygen atoms in total. The molecule has 2 aromatic rings. The van der Waals surface area contributed by atoms with Gasteiger partial charge in [-0.05, 0) is 22.9 Å². The number of ether oxygens (including phenoxy) is 2. The number of nitrogens with zero attached hydrogens (tertiary/aromatic N) is 1. The number of hydrogen-bond donors (Lipinski definition) is 1. The minimum absolute atomic E-state index is 0.0927. The molecule has 26 heavy (non-hydrogen) atoms. The van der Waals surface area contributed by atoms with Crippen LogP contribution in [0, 0.1) is 6.42 Å². The molecule has 4 bridgehead atoms. The number of carbonyl (C=O) groups is 1. The summed E-state index contributed by atoms with van der Waals surface area (Å²) in [6.07, 6.45) is 2.87. The average Bonchev–Trinajstić information content (AvgIpc) is 3.38. The number of rotatable bonds is 4. The monoisotopic (exact) mass is 391 g/mol. The third-order valence-electron chi connectivity index (χ3n) is 6.17. The second-order valence-electron chi connectivity index (χ2n) is 7.79. The third kappa shape index (κ3) is 2.12. The van der Waals surface area contributed by atoms with Gasteiger partial charge in [0.05, 0.1) is 30.3 Å². The van der Waals surface area contributed by atoms with Crippen molar-refractivity contribution in [1.82, 2.24) is 0 Å². The molecule has 4 fully saturated rings. The number of thiophene rings is 2. The zero-order valence-corrected chi connectivity index (χ0v) is 16.2. The first-order valence-corrected chi connectivity index (χ1v) is 10.5. The molecule has 4 aliphatic heterocycles. The van der Waals surface area contributed by atoms with E-state index < -0.39 is 11.6 Å². The number of quaternary nitrogens is 1. The SMILES string of the molecule is C[N+]1(C)[C@@H]2C[C@@H]3[CH+][C@H]1[C@H](OC(=O)C(O)(c1cccs1)c1cccs1)[C@H]2O3. The van der Waals surface area contributed by atoms with E-state index in [-0.39, 0.29) is 24.4 Å². The minimum atomic E-state index is -1.76. The van der Waals surface area contributed by atoms with Crippen LogP contribution in [-0.4, -0.2) is 60.0 Å². The summed E-state index contributed by atoms with van der Waals surface area (Å²) < 4.78 is 12.8. The van der Waals surface area contributed by atoms with E-state index in [0.717, 1.165) is 10.9 Å². The average molecular weight is 392 g/mol. The Balaban J connectivity index is 1.48. The molecule has 0 aliphatic carbocycles. The van der Waals surface area contributed by atoms with Crippen molar-refractivity contribution in [3.8, 4) is 0 Å². The molecule has 7 heteroatoms. The molecular formula is C19H21NO4S2+2. The number of aliphatic hydroxyl groups is 1. The van der Waals surface area contributed by atoms with Crippen LogP contribution in [0.1, 0.15) is 16.2 Å². The van der Waals surface area contributed by atoms with Gasteiger partial charge in [0, 0.05) is 0 Å². The number of likely N-dealkylation sites (N-methyl/N-ethyl adjacent to an activating group) is 1. The Kier molecular flexibility index (Phi) is 3.59. The number of hydrogen-bond acceptors (Lipinski definition) is 6. The van der Waals surface area contributed by atoms with Crippen LogP contribution in [0.5, 0.6) is 0 Å². The van der Waals surface area contributed by atoms with Crippen molar-refractivity contribution in [3.05, 3.63) is 51.2 Å². The molecule has 6 heterocycles. The van der Waals surface area contributed by atoms with Crippen LogP contribution in [0.2, 0.25) is 0 Å². The van der Waals surface area contributed by atoms with E-state index in [2.05, 4.69) is 20.5 Å². The summed E-state index contributed by atoms with van der Waals surface area (Å²) in [4.78, 5) is 14.4. The predicted molar refractivity (Wildman–Crippen MR) is 98.8 cm³/mol. The molecule has 0 unspecified atom stereocenters. The van der Waals surface area contributed by atoms with Crippen molar-refractivity contribution in [3.63, 3.8) is 0 Å². The maximum absolute atomic E-state index is 13.2. The Morgan fingerprint density at radius 2 is 1.96 bits per heavy atom. The van der Waals surface area contributed by atoms with E-state index in [1.165, 1.54) is 22.7 Å². The minimum Gasteiger partial charge on any atom is -0.445 e. The van der Waals surface area contributed by atoms with Crippen LogP contribution in [0.4, 0.5) is 0 Å². The molecule has 0 radical (unpaired) electrons. The maximum Gasteiger partial charge on any atom is 0.350 e. The third-order valence-corrected chi connectivity index (χ3v) is 8.13. The first-order chi connectivity index (χ1) is 12.4. The first kappa shape index (κ1) is 16.8. The first-order valence-electron chi connectivity index (χ1n) is 8.77. The quantitative estimate of drug-likeness (QED) is 0.493. The fourth-order valence-corrected chi connectivity index (χ4v) is 6.49. The summed E-state index contributed by atoms with van der Waals surface area (Å²) in [6, 6.07) is 7.67. The standard InChI is InChI=1S/C19H21NO4S2/c1-20(2)12-9-11-10-13(20)17(16(12)23-11)24-18(21)19(22,14-5-3-7-25-14)15-6-4-8-26-15/h3-8,10-13,16-17,22H,9H2,1-2H3/q+2/t11-,12-,13+,16+,17+/m1/s1. The molecule has 1 N–H and O–H groups in total. The van der Waals surface area contributed by atoms with Gasteiger partial charge in [0.1, 0.15) is 6.04 Å². The van der Waals surface area contributed by atoms with E-state index in [0.29, 0.717) is 15.8 Å². The van der Waals surface area contributed by atoms with Gasteiger partial charge in [-0.1, -0.05) is 12.1 Å². The number of esters is 1. The molecule has 4 aliphatic rings. The van der Waals surface area contributed by atoms with Gasteiger partial charge in [-0.15, -0.1) is 22.7 Å². The van der Waals surface area contributed by atoms with E-state index in [1.54, 1.807) is 12.1 Å². The van der Waals surface area contributed by atoms with Gasteiger partial charge in [-0.2, -0.15) is 0 Å². The largest absolute Gasteiger partial charge is 0.445 e. The molecule has 0 amide bonds. The Labute approximate surface area is 160 Å². The van der Waals surface area contributed by atoms with Gasteiger partial charge >= 0.3 is 5.97 Å². The Morgan fingerprint density at radius 1 is 1.31 bits per heavy atom. The fraction of sp³-hybridized carbons (Fsp3) is 0.474. The highest BCUT2D eigenvalue weighted by atomic mass is 32.1. The summed E-state index contributed by atoms with van der Waals surface area (Å²) in [5.74, 6) is -0.611. The Morgan fingerprint density at radius 3 is 2.50 bits per heavy atom. The van der Waals surface area contributed by atoms with Crippen LogP contribution in [0.15, 0.2) is 35.0 Å². The summed E-state index contributed by atoms with van der Waals surface area (Å²) in [7, 11) is 4.34. The van der Waals surface area contributed by atoms with Crippen LogP contribution in [-0.2, 0) is 19.9 Å². The van der Waals surface area contributed by atoms with Crippen molar-refractivity contribution in [2.45, 2.75) is 42.4 Å². The Bertz CT molecular complexity index is 782. The van der Waals surface area contributed by atoms with Crippen LogP contribution in [0.25, 0.3) is 0 Å². The van der Waals surface area contributed by atoms with E-state index in [4.69, 9.17) is 9.47 Å². The normalized spacial score (nSPS) is 34.0. The molecule has 2 aromatic heterocycles. The molecule has 0 aromatic carbocycles. The molecule has 136 valence electrons. The van der Waals surface area contributed by atoms with Crippen molar-refractivity contribution < 1.29 is 23.9 Å². The van der Waals surface area contributed by atoms with Crippen molar-refractivity contribution >= 4 is 28.6 Å². The molecule has 0 spiro atoms. The second-order valence-corrected chi connectivity index (χ2v) is 9.68. The lowest BCUT2D eigenvalue weighted by Crippen LogP contribution is -2.57. The lowest BCUT2D eigenvalue weighted by atomic mass is 9.97. The lowest BCUT2D eigenvalue weighted by Gasteiger charge is -2.36. The van der Waals surface area contributed by atoms with Crippen LogP contribution >= 0.6 is 22.7 Å². The summed E-state index contributed by atoms with van der Waals surface area (Å²) >= 11 is 2.71. The highest BCUT2D eigenvalue weighted by Crippen LogP contribution is 2.50. The van der Waals surface area contributed by atoms with Gasteiger partial charge < -0.3 is 14.6 Å². The second kappa shape index (κ2) is 5.56. The molecule has 6 rings (SSSR count). The van der Waals surface area contributed by atoms with Gasteiger partial charge in [-0.3, -0.25) is 4.48 Å². The summed E-state index contributed by atoms with van der Waals surface area (Å²) in [5.41, 5.74) is -1.76. The molecule has 4 saturated heterocycles. The van der Waals surface area contributed by atoms with Crippen molar-refractivity contribution in [1.29, 1.82) is 0 Å². The van der Waals surface area contributed by atoms with Gasteiger partial charge in [-0.25, -0.2) is 4.79 Å². The van der Waals surface area contributed by atoms with Crippen molar-refractivity contribution in [2.75, 3.05) is 14.1 Å². The number of carbonyl (C=O) groups excluding carboxylic acids is 1. The van der Waals surface area contributed by atoms with Crippen LogP contribution in [0.3, 0.4) is 0 Å². The summed E-state index contributed by atoms with van der Waals surface area (Å²) in [6.45, 7) is 0. The van der Waals surface area contributed by atoms with Gasteiger partial charge in [0.15, 0.2) is 12.5 Å². The van der Waals surface area contributed by atoms with Gasteiger partial charge in [0.2, 0.25) is 17.8 Å². The predicted octanol–water partition coefficient (Wildman–Crippen LogP) is 2.16. The molecule has 5 atom stereocenters. The topological polar surface area (TPSA) is 55.8 Å². The number of piperidine rings is 1. The van der Waals surface area contributed by atoms with E-state index in [9.17, 15) is 9.90 Å².